The fraction of sp³-hybridized carbons (Fsp3) is 0. The van der Waals surface area contributed by atoms with Crippen molar-refractivity contribution in [2.75, 3.05) is 0 Å². The number of oxazole rings is 1. The van der Waals surface area contributed by atoms with Gasteiger partial charge in [-0.3, -0.25) is 0 Å². The molecule has 0 aliphatic heterocycles. The van der Waals surface area contributed by atoms with Crippen LogP contribution in [0.25, 0.3) is 11.1 Å². The molecule has 0 unspecified atom stereocenters. The van der Waals surface area contributed by atoms with Gasteiger partial charge in [0, 0.05) is 6.07 Å². The standard InChI is InChI=1S/C7H3NO/c1-2-4-7-6(3-1)8-5-9-7/h1,4-5H. The maximum atomic E-state index is 4.94. The Morgan fingerprint density at radius 3 is 3.44 bits per heavy atom. The molecule has 2 radical (unpaired) electrons. The number of benzene rings is 1. The van der Waals surface area contributed by atoms with Crippen LogP contribution in [0, 0.1) is 12.1 Å². The summed E-state index contributed by atoms with van der Waals surface area (Å²) in [6.07, 6.45) is 1.40. The molecule has 0 aliphatic carbocycles. The summed E-state index contributed by atoms with van der Waals surface area (Å²) in [5, 5.41) is 0. The van der Waals surface area contributed by atoms with Crippen molar-refractivity contribution in [3.8, 4) is 0 Å². The molecule has 0 spiro atoms. The SMILES string of the molecule is [c]1c[c]c2ncoc2c1. The lowest BCUT2D eigenvalue weighted by atomic mass is 10.3. The molecular weight excluding hydrogens is 114 g/mol. The zero-order valence-electron chi connectivity index (χ0n) is 4.59. The van der Waals surface area contributed by atoms with Crippen LogP contribution >= 0.6 is 0 Å². The predicted octanol–water partition coefficient (Wildman–Crippen LogP) is 1.43. The lowest BCUT2D eigenvalue weighted by molar-refractivity contribution is 0.602. The first kappa shape index (κ1) is 4.56. The average molecular weight is 117 g/mol. The van der Waals surface area contributed by atoms with E-state index >= 15 is 0 Å². The minimum atomic E-state index is 0.734. The molecule has 42 valence electrons. The first-order valence-electron chi connectivity index (χ1n) is 2.58. The van der Waals surface area contributed by atoms with Crippen molar-refractivity contribution in [2.45, 2.75) is 0 Å². The monoisotopic (exact) mass is 117 g/mol. The zero-order valence-corrected chi connectivity index (χ0v) is 4.59. The molecule has 9 heavy (non-hydrogen) atoms. The molecule has 1 aromatic carbocycles. The fourth-order valence-electron chi connectivity index (χ4n) is 0.693. The van der Waals surface area contributed by atoms with E-state index in [1.54, 1.807) is 12.1 Å². The maximum Gasteiger partial charge on any atom is 0.182 e. The minimum Gasteiger partial charge on any atom is -0.443 e. The van der Waals surface area contributed by atoms with E-state index < -0.39 is 0 Å². The maximum absolute atomic E-state index is 4.94. The van der Waals surface area contributed by atoms with Crippen LogP contribution in [0.2, 0.25) is 0 Å². The molecule has 2 heteroatoms. The van der Waals surface area contributed by atoms with E-state index in [-0.39, 0.29) is 0 Å². The Hall–Kier alpha value is -1.31. The first-order valence-corrected chi connectivity index (χ1v) is 2.58. The molecule has 0 aliphatic rings. The third-order valence-electron chi connectivity index (χ3n) is 1.10. The molecule has 0 N–H and O–H groups in total. The molecule has 1 heterocycles. The van der Waals surface area contributed by atoms with Crippen LogP contribution in [0.3, 0.4) is 0 Å². The van der Waals surface area contributed by atoms with Gasteiger partial charge in [0.05, 0.1) is 0 Å². The zero-order chi connectivity index (χ0) is 6.10. The molecule has 0 atom stereocenters. The molecule has 0 saturated carbocycles. The van der Waals surface area contributed by atoms with Crippen molar-refractivity contribution in [3.63, 3.8) is 0 Å². The van der Waals surface area contributed by atoms with Crippen LogP contribution in [-0.4, -0.2) is 4.98 Å². The molecule has 2 rings (SSSR count). The van der Waals surface area contributed by atoms with Crippen LogP contribution in [0.5, 0.6) is 0 Å². The molecule has 0 bridgehead atoms. The predicted molar refractivity (Wildman–Crippen MR) is 31.7 cm³/mol. The molecule has 1 aromatic heterocycles. The van der Waals surface area contributed by atoms with Crippen molar-refractivity contribution in [2.24, 2.45) is 0 Å². The van der Waals surface area contributed by atoms with Gasteiger partial charge in [-0.25, -0.2) is 4.98 Å². The van der Waals surface area contributed by atoms with Gasteiger partial charge in [0.2, 0.25) is 0 Å². The normalized spacial score (nSPS) is 10.2. The highest BCUT2D eigenvalue weighted by atomic mass is 16.3. The number of hydrogen-bond acceptors (Lipinski definition) is 2. The van der Waals surface area contributed by atoms with E-state index in [9.17, 15) is 0 Å². The Morgan fingerprint density at radius 2 is 2.56 bits per heavy atom. The van der Waals surface area contributed by atoms with Gasteiger partial charge in [0.1, 0.15) is 5.52 Å². The Labute approximate surface area is 52.1 Å². The number of aromatic nitrogens is 1. The summed E-state index contributed by atoms with van der Waals surface area (Å²) < 4.78 is 4.94. The highest BCUT2D eigenvalue weighted by Gasteiger charge is 1.92. The van der Waals surface area contributed by atoms with Gasteiger partial charge in [-0.15, -0.1) is 0 Å². The lowest BCUT2D eigenvalue weighted by Crippen LogP contribution is -1.63. The molecule has 0 saturated heterocycles. The summed E-state index contributed by atoms with van der Waals surface area (Å²) >= 11 is 0. The van der Waals surface area contributed by atoms with Crippen LogP contribution in [0.1, 0.15) is 0 Å². The van der Waals surface area contributed by atoms with Gasteiger partial charge < -0.3 is 4.42 Å². The summed E-state index contributed by atoms with van der Waals surface area (Å²) in [6.45, 7) is 0. The van der Waals surface area contributed by atoms with Crippen LogP contribution in [0.4, 0.5) is 0 Å². The van der Waals surface area contributed by atoms with E-state index in [1.807, 2.05) is 0 Å². The first-order chi connectivity index (χ1) is 4.47. The van der Waals surface area contributed by atoms with Crippen molar-refractivity contribution >= 4 is 11.1 Å². The van der Waals surface area contributed by atoms with Gasteiger partial charge in [-0.05, 0) is 18.2 Å². The Kier molecular flexibility index (Phi) is 0.803. The van der Waals surface area contributed by atoms with Gasteiger partial charge in [-0.1, -0.05) is 0 Å². The number of nitrogens with zero attached hydrogens (tertiary/aromatic N) is 1. The van der Waals surface area contributed by atoms with Gasteiger partial charge >= 0.3 is 0 Å². The fourth-order valence-corrected chi connectivity index (χ4v) is 0.693. The number of fused-ring (bicyclic) bond motifs is 1. The summed E-state index contributed by atoms with van der Waals surface area (Å²) in [6, 6.07) is 9.12. The summed E-state index contributed by atoms with van der Waals surface area (Å²) in [7, 11) is 0. The van der Waals surface area contributed by atoms with E-state index in [4.69, 9.17) is 4.42 Å². The summed E-state index contributed by atoms with van der Waals surface area (Å²) in [5.41, 5.74) is 1.49. The van der Waals surface area contributed by atoms with Crippen molar-refractivity contribution in [3.05, 3.63) is 30.7 Å². The average Bonchev–Trinajstić information content (AvgIpc) is 2.33. The summed E-state index contributed by atoms with van der Waals surface area (Å²) in [4.78, 5) is 3.88. The second-order valence-corrected chi connectivity index (χ2v) is 1.66. The van der Waals surface area contributed by atoms with Gasteiger partial charge in [0.15, 0.2) is 12.0 Å². The van der Waals surface area contributed by atoms with Gasteiger partial charge in [0.25, 0.3) is 0 Å². The van der Waals surface area contributed by atoms with Crippen LogP contribution in [-0.2, 0) is 0 Å². The molecular formula is C7H3NO. The smallest absolute Gasteiger partial charge is 0.182 e. The summed E-state index contributed by atoms with van der Waals surface area (Å²) in [5.74, 6) is 0. The topological polar surface area (TPSA) is 26.0 Å². The lowest BCUT2D eigenvalue weighted by Gasteiger charge is -1.77. The third kappa shape index (κ3) is 0.598. The molecule has 0 fully saturated rings. The van der Waals surface area contributed by atoms with Crippen molar-refractivity contribution in [1.29, 1.82) is 0 Å². The van der Waals surface area contributed by atoms with E-state index in [0.29, 0.717) is 0 Å². The van der Waals surface area contributed by atoms with E-state index in [2.05, 4.69) is 17.1 Å². The van der Waals surface area contributed by atoms with Gasteiger partial charge in [-0.2, -0.15) is 0 Å². The number of rotatable bonds is 0. The Morgan fingerprint density at radius 1 is 1.56 bits per heavy atom. The Bertz CT molecular complexity index is 283. The van der Waals surface area contributed by atoms with Crippen LogP contribution < -0.4 is 0 Å². The second-order valence-electron chi connectivity index (χ2n) is 1.66. The van der Waals surface area contributed by atoms with Crippen LogP contribution in [0.15, 0.2) is 22.9 Å². The Balaban J connectivity index is 2.95. The largest absolute Gasteiger partial charge is 0.443 e. The molecule has 2 aromatic rings. The van der Waals surface area contributed by atoms with E-state index in [0.717, 1.165) is 11.1 Å². The van der Waals surface area contributed by atoms with Crippen molar-refractivity contribution in [1.82, 2.24) is 4.98 Å². The highest BCUT2D eigenvalue weighted by Crippen LogP contribution is 2.07. The highest BCUT2D eigenvalue weighted by molar-refractivity contribution is 5.70. The minimum absolute atomic E-state index is 0.734. The molecule has 0 amide bonds. The van der Waals surface area contributed by atoms with Crippen molar-refractivity contribution < 1.29 is 4.42 Å². The third-order valence-corrected chi connectivity index (χ3v) is 1.10. The quantitative estimate of drug-likeness (QED) is 0.521. The number of hydrogen-bond donors (Lipinski definition) is 0. The molecule has 2 nitrogen and oxygen atoms in total. The second kappa shape index (κ2) is 1.58. The van der Waals surface area contributed by atoms with E-state index in [1.165, 1.54) is 6.39 Å².